The number of benzene rings is 1. The average molecular weight is 304 g/mol. The molecule has 0 aromatic heterocycles. The molecule has 4 heteroatoms. The normalized spacial score (nSPS) is 13.1. The highest BCUT2D eigenvalue weighted by molar-refractivity contribution is 6.02. The van der Waals surface area contributed by atoms with Gasteiger partial charge in [-0.3, -0.25) is 0 Å². The van der Waals surface area contributed by atoms with Crippen LogP contribution in [0.4, 0.5) is 0 Å². The topological polar surface area (TPSA) is 63.6 Å². The lowest BCUT2D eigenvalue weighted by molar-refractivity contribution is -0.0151. The Labute approximate surface area is 131 Å². The van der Waals surface area contributed by atoms with Gasteiger partial charge in [-0.2, -0.15) is 0 Å². The van der Waals surface area contributed by atoms with E-state index in [1.807, 2.05) is 27.7 Å². The lowest BCUT2D eigenvalue weighted by Crippen LogP contribution is -2.31. The maximum Gasteiger partial charge on any atom is 0.339 e. The summed E-state index contributed by atoms with van der Waals surface area (Å²) in [7, 11) is 0. The number of ether oxygens (including phenoxy) is 1. The third-order valence-electron chi connectivity index (χ3n) is 3.69. The molecule has 22 heavy (non-hydrogen) atoms. The van der Waals surface area contributed by atoms with E-state index in [0.29, 0.717) is 12.8 Å². The summed E-state index contributed by atoms with van der Waals surface area (Å²) in [5, 5.41) is 9.16. The first-order chi connectivity index (χ1) is 10.3. The number of carboxylic acids is 1. The van der Waals surface area contributed by atoms with Crippen LogP contribution in [-0.4, -0.2) is 22.6 Å². The van der Waals surface area contributed by atoms with Crippen molar-refractivity contribution in [2.75, 3.05) is 0 Å². The number of esters is 1. The Hall–Kier alpha value is -2.10. The smallest absolute Gasteiger partial charge is 0.339 e. The fourth-order valence-corrected chi connectivity index (χ4v) is 2.09. The van der Waals surface area contributed by atoms with E-state index in [-0.39, 0.29) is 11.1 Å². The van der Waals surface area contributed by atoms with E-state index in [9.17, 15) is 9.59 Å². The molecular formula is C18H24O4. The van der Waals surface area contributed by atoms with Crippen molar-refractivity contribution in [1.82, 2.24) is 0 Å². The summed E-state index contributed by atoms with van der Waals surface area (Å²) in [5.41, 5.74) is 0.683. The summed E-state index contributed by atoms with van der Waals surface area (Å²) in [5.74, 6) is -1.71. The van der Waals surface area contributed by atoms with Gasteiger partial charge in [0.1, 0.15) is 5.60 Å². The van der Waals surface area contributed by atoms with Crippen molar-refractivity contribution < 1.29 is 19.4 Å². The fraction of sp³-hybridized carbons (Fsp3) is 0.444. The van der Waals surface area contributed by atoms with Crippen LogP contribution < -0.4 is 0 Å². The molecule has 1 rings (SSSR count). The second kappa shape index (κ2) is 7.78. The zero-order valence-electron chi connectivity index (χ0n) is 13.7. The predicted octanol–water partition coefficient (Wildman–Crippen LogP) is 4.46. The Morgan fingerprint density at radius 2 is 1.82 bits per heavy atom. The Balaban J connectivity index is 2.89. The van der Waals surface area contributed by atoms with E-state index in [0.717, 1.165) is 6.42 Å². The Kier molecular flexibility index (Phi) is 6.35. The molecule has 4 nitrogen and oxygen atoms in total. The van der Waals surface area contributed by atoms with E-state index in [4.69, 9.17) is 9.84 Å². The number of hydrogen-bond donors (Lipinski definition) is 1. The summed E-state index contributed by atoms with van der Waals surface area (Å²) in [6, 6.07) is 6.12. The summed E-state index contributed by atoms with van der Waals surface area (Å²) in [6.45, 7) is 7.89. The maximum atomic E-state index is 12.3. The molecule has 0 aliphatic heterocycles. The van der Waals surface area contributed by atoms with Gasteiger partial charge in [0.25, 0.3) is 0 Å². The second-order valence-corrected chi connectivity index (χ2v) is 5.86. The van der Waals surface area contributed by atoms with Gasteiger partial charge in [-0.05, 0) is 52.2 Å². The van der Waals surface area contributed by atoms with Crippen molar-refractivity contribution in [3.63, 3.8) is 0 Å². The van der Waals surface area contributed by atoms with Crippen LogP contribution in [0.3, 0.4) is 0 Å². The minimum Gasteiger partial charge on any atom is -0.478 e. The molecule has 1 unspecified atom stereocenters. The summed E-state index contributed by atoms with van der Waals surface area (Å²) in [4.78, 5) is 23.5. The Morgan fingerprint density at radius 1 is 1.23 bits per heavy atom. The van der Waals surface area contributed by atoms with Crippen molar-refractivity contribution in [2.24, 2.45) is 0 Å². The van der Waals surface area contributed by atoms with E-state index in [1.165, 1.54) is 17.7 Å². The highest BCUT2D eigenvalue weighted by atomic mass is 16.6. The molecule has 0 radical (unpaired) electrons. The maximum absolute atomic E-state index is 12.3. The van der Waals surface area contributed by atoms with Crippen LogP contribution in [0.2, 0.25) is 0 Å². The van der Waals surface area contributed by atoms with Gasteiger partial charge in [-0.25, -0.2) is 9.59 Å². The molecule has 0 spiro atoms. The third-order valence-corrected chi connectivity index (χ3v) is 3.69. The first-order valence-corrected chi connectivity index (χ1v) is 7.48. The van der Waals surface area contributed by atoms with Crippen LogP contribution in [0.15, 0.2) is 35.9 Å². The van der Waals surface area contributed by atoms with Gasteiger partial charge in [0.05, 0.1) is 11.1 Å². The molecule has 0 fully saturated rings. The van der Waals surface area contributed by atoms with Crippen LogP contribution >= 0.6 is 0 Å². The minimum absolute atomic E-state index is 0.0322. The largest absolute Gasteiger partial charge is 0.478 e. The molecule has 1 aromatic rings. The molecule has 1 atom stereocenters. The molecule has 1 N–H and O–H groups in total. The molecule has 120 valence electrons. The second-order valence-electron chi connectivity index (χ2n) is 5.86. The molecule has 0 saturated carbocycles. The number of rotatable bonds is 7. The van der Waals surface area contributed by atoms with Gasteiger partial charge in [-0.15, -0.1) is 0 Å². The van der Waals surface area contributed by atoms with Crippen molar-refractivity contribution in [2.45, 2.75) is 52.6 Å². The molecule has 1 aromatic carbocycles. The van der Waals surface area contributed by atoms with Gasteiger partial charge < -0.3 is 9.84 Å². The van der Waals surface area contributed by atoms with Crippen LogP contribution in [-0.2, 0) is 4.74 Å². The first-order valence-electron chi connectivity index (χ1n) is 7.48. The third kappa shape index (κ3) is 5.02. The number of aromatic carboxylic acids is 1. The van der Waals surface area contributed by atoms with Crippen LogP contribution in [0.1, 0.15) is 67.7 Å². The highest BCUT2D eigenvalue weighted by Gasteiger charge is 2.28. The average Bonchev–Trinajstić information content (AvgIpc) is 2.46. The molecule has 0 aliphatic rings. The van der Waals surface area contributed by atoms with Crippen molar-refractivity contribution in [3.05, 3.63) is 47.0 Å². The highest BCUT2D eigenvalue weighted by Crippen LogP contribution is 2.25. The zero-order chi connectivity index (χ0) is 16.8. The SMILES string of the molecule is CCC(C)(CCC=C(C)C)OC(=O)c1ccccc1C(=O)O. The summed E-state index contributed by atoms with van der Waals surface area (Å²) < 4.78 is 5.61. The predicted molar refractivity (Wildman–Crippen MR) is 86.2 cm³/mol. The van der Waals surface area contributed by atoms with Gasteiger partial charge in [0.15, 0.2) is 0 Å². The van der Waals surface area contributed by atoms with Crippen molar-refractivity contribution in [1.29, 1.82) is 0 Å². The quantitative estimate of drug-likeness (QED) is 0.597. The minimum atomic E-state index is -1.13. The first kappa shape index (κ1) is 18.0. The number of hydrogen-bond acceptors (Lipinski definition) is 3. The summed E-state index contributed by atoms with van der Waals surface area (Å²) >= 11 is 0. The lowest BCUT2D eigenvalue weighted by Gasteiger charge is -2.28. The molecule has 0 amide bonds. The fourth-order valence-electron chi connectivity index (χ4n) is 2.09. The van der Waals surface area contributed by atoms with E-state index in [2.05, 4.69) is 6.08 Å². The van der Waals surface area contributed by atoms with E-state index >= 15 is 0 Å². The van der Waals surface area contributed by atoms with Crippen molar-refractivity contribution >= 4 is 11.9 Å². The number of allylic oxidation sites excluding steroid dienone is 2. The standard InChI is InChI=1S/C18H24O4/c1-5-18(4,12-8-9-13(2)3)22-17(21)15-11-7-6-10-14(15)16(19)20/h6-7,9-11H,5,8,12H2,1-4H3,(H,19,20). The van der Waals surface area contributed by atoms with E-state index in [1.54, 1.807) is 12.1 Å². The Morgan fingerprint density at radius 3 is 2.32 bits per heavy atom. The van der Waals surface area contributed by atoms with Gasteiger partial charge in [0, 0.05) is 0 Å². The Bertz CT molecular complexity index is 570. The molecular weight excluding hydrogens is 280 g/mol. The van der Waals surface area contributed by atoms with E-state index < -0.39 is 17.5 Å². The number of carbonyl (C=O) groups excluding carboxylic acids is 1. The van der Waals surface area contributed by atoms with Crippen molar-refractivity contribution in [3.8, 4) is 0 Å². The summed E-state index contributed by atoms with van der Waals surface area (Å²) in [6.07, 6.45) is 4.30. The van der Waals surface area contributed by atoms with Crippen LogP contribution in [0.25, 0.3) is 0 Å². The molecule has 0 aliphatic carbocycles. The zero-order valence-corrected chi connectivity index (χ0v) is 13.7. The monoisotopic (exact) mass is 304 g/mol. The van der Waals surface area contributed by atoms with Gasteiger partial charge >= 0.3 is 11.9 Å². The molecule has 0 heterocycles. The van der Waals surface area contributed by atoms with Crippen LogP contribution in [0.5, 0.6) is 0 Å². The molecule has 0 bridgehead atoms. The number of carbonyl (C=O) groups is 2. The van der Waals surface area contributed by atoms with Crippen LogP contribution in [0, 0.1) is 0 Å². The van der Waals surface area contributed by atoms with Gasteiger partial charge in [-0.1, -0.05) is 30.7 Å². The molecule has 0 saturated heterocycles. The lowest BCUT2D eigenvalue weighted by atomic mass is 9.95. The number of carboxylic acid groups (broad SMARTS) is 1. The van der Waals surface area contributed by atoms with Gasteiger partial charge in [0.2, 0.25) is 0 Å².